The molecule has 2 heterocycles. The second-order valence-electron chi connectivity index (χ2n) is 3.68. The summed E-state index contributed by atoms with van der Waals surface area (Å²) < 4.78 is 26.9. The van der Waals surface area contributed by atoms with Crippen LogP contribution >= 0.6 is 15.9 Å². The van der Waals surface area contributed by atoms with Gasteiger partial charge in [-0.25, -0.2) is 13.1 Å². The summed E-state index contributed by atoms with van der Waals surface area (Å²) in [5.41, 5.74) is 0. The van der Waals surface area contributed by atoms with Crippen molar-refractivity contribution >= 4 is 26.0 Å². The number of rotatable bonds is 3. The van der Waals surface area contributed by atoms with Crippen LogP contribution < -0.4 is 0 Å². The molecule has 1 fully saturated rings. The standard InChI is InChI=1S/C7H11BrN4O3S/c1-11-7(6(8)9-10-11)16(14,15)12-2-5(3-12)4-13/h5,13H,2-4H2,1H3. The molecule has 0 spiro atoms. The highest BCUT2D eigenvalue weighted by atomic mass is 79.9. The topological polar surface area (TPSA) is 88.3 Å². The van der Waals surface area contributed by atoms with Crippen LogP contribution in [-0.2, 0) is 17.1 Å². The van der Waals surface area contributed by atoms with E-state index in [-0.39, 0.29) is 22.2 Å². The van der Waals surface area contributed by atoms with Gasteiger partial charge in [0.1, 0.15) is 0 Å². The number of aromatic nitrogens is 3. The Hall–Kier alpha value is -0.510. The van der Waals surface area contributed by atoms with E-state index in [0.717, 1.165) is 0 Å². The summed E-state index contributed by atoms with van der Waals surface area (Å²) in [7, 11) is -2.03. The highest BCUT2D eigenvalue weighted by molar-refractivity contribution is 9.10. The first kappa shape index (κ1) is 12.0. The highest BCUT2D eigenvalue weighted by Gasteiger charge is 2.39. The molecule has 16 heavy (non-hydrogen) atoms. The number of aryl methyl sites for hydroxylation is 1. The Morgan fingerprint density at radius 1 is 1.56 bits per heavy atom. The smallest absolute Gasteiger partial charge is 0.263 e. The third-order valence-electron chi connectivity index (χ3n) is 2.50. The Labute approximate surface area is 101 Å². The van der Waals surface area contributed by atoms with Gasteiger partial charge >= 0.3 is 0 Å². The number of hydrogen-bond acceptors (Lipinski definition) is 5. The van der Waals surface area contributed by atoms with Crippen LogP contribution in [0.25, 0.3) is 0 Å². The first-order chi connectivity index (χ1) is 7.46. The van der Waals surface area contributed by atoms with Gasteiger partial charge in [0.25, 0.3) is 10.0 Å². The van der Waals surface area contributed by atoms with Crippen molar-refractivity contribution in [2.45, 2.75) is 5.03 Å². The second kappa shape index (κ2) is 4.06. The fraction of sp³-hybridized carbons (Fsp3) is 0.714. The minimum absolute atomic E-state index is 0.0107. The van der Waals surface area contributed by atoms with Crippen molar-refractivity contribution in [2.24, 2.45) is 13.0 Å². The molecule has 1 aromatic heterocycles. The number of aliphatic hydroxyl groups excluding tert-OH is 1. The van der Waals surface area contributed by atoms with Gasteiger partial charge in [0.15, 0.2) is 4.60 Å². The molecular formula is C7H11BrN4O3S. The van der Waals surface area contributed by atoms with Gasteiger partial charge in [-0.15, -0.1) is 5.10 Å². The van der Waals surface area contributed by atoms with Gasteiger partial charge in [-0.3, -0.25) is 0 Å². The molecule has 1 saturated heterocycles. The van der Waals surface area contributed by atoms with Crippen molar-refractivity contribution in [1.29, 1.82) is 0 Å². The summed E-state index contributed by atoms with van der Waals surface area (Å²) >= 11 is 3.06. The first-order valence-corrected chi connectivity index (χ1v) is 6.86. The van der Waals surface area contributed by atoms with Crippen molar-refractivity contribution in [3.05, 3.63) is 4.60 Å². The molecule has 0 bridgehead atoms. The SMILES string of the molecule is Cn1nnc(Br)c1S(=O)(=O)N1CC(CO)C1. The fourth-order valence-corrected chi connectivity index (χ4v) is 4.18. The van der Waals surface area contributed by atoms with Gasteiger partial charge in [0.2, 0.25) is 5.03 Å². The van der Waals surface area contributed by atoms with Crippen LogP contribution in [-0.4, -0.2) is 52.5 Å². The van der Waals surface area contributed by atoms with Gasteiger partial charge < -0.3 is 5.11 Å². The van der Waals surface area contributed by atoms with E-state index in [1.807, 2.05) is 0 Å². The Balaban J connectivity index is 2.28. The zero-order valence-corrected chi connectivity index (χ0v) is 10.9. The molecular weight excluding hydrogens is 300 g/mol. The second-order valence-corrected chi connectivity index (χ2v) is 6.28. The van der Waals surface area contributed by atoms with Crippen molar-refractivity contribution in [3.8, 4) is 0 Å². The molecule has 0 atom stereocenters. The predicted molar refractivity (Wildman–Crippen MR) is 58.0 cm³/mol. The van der Waals surface area contributed by atoms with E-state index in [2.05, 4.69) is 26.2 Å². The molecule has 0 radical (unpaired) electrons. The summed E-state index contributed by atoms with van der Waals surface area (Å²) in [4.78, 5) is 0. The average Bonchev–Trinajstić information content (AvgIpc) is 2.44. The molecule has 0 aliphatic carbocycles. The molecule has 0 amide bonds. The third-order valence-corrected chi connectivity index (χ3v) is 5.22. The van der Waals surface area contributed by atoms with Crippen LogP contribution in [0.5, 0.6) is 0 Å². The lowest BCUT2D eigenvalue weighted by atomic mass is 10.1. The number of nitrogens with zero attached hydrogens (tertiary/aromatic N) is 4. The Morgan fingerprint density at radius 2 is 2.19 bits per heavy atom. The zero-order chi connectivity index (χ0) is 11.9. The van der Waals surface area contributed by atoms with Gasteiger partial charge in [-0.2, -0.15) is 4.31 Å². The average molecular weight is 311 g/mol. The Morgan fingerprint density at radius 3 is 2.62 bits per heavy atom. The van der Waals surface area contributed by atoms with Gasteiger partial charge in [0, 0.05) is 32.7 Å². The van der Waals surface area contributed by atoms with Gasteiger partial charge in [-0.1, -0.05) is 5.21 Å². The zero-order valence-electron chi connectivity index (χ0n) is 8.54. The molecule has 1 N–H and O–H groups in total. The molecule has 90 valence electrons. The minimum Gasteiger partial charge on any atom is -0.396 e. The highest BCUT2D eigenvalue weighted by Crippen LogP contribution is 2.27. The monoisotopic (exact) mass is 310 g/mol. The van der Waals surface area contributed by atoms with E-state index in [4.69, 9.17) is 5.11 Å². The number of aliphatic hydroxyl groups is 1. The Kier molecular flexibility index (Phi) is 3.03. The fourth-order valence-electron chi connectivity index (χ4n) is 1.55. The number of halogens is 1. The molecule has 9 heteroatoms. The van der Waals surface area contributed by atoms with Gasteiger partial charge in [0.05, 0.1) is 0 Å². The lowest BCUT2D eigenvalue weighted by Gasteiger charge is -2.36. The molecule has 1 aromatic rings. The Bertz CT molecular complexity index is 474. The van der Waals surface area contributed by atoms with Crippen molar-refractivity contribution in [1.82, 2.24) is 19.3 Å². The summed E-state index contributed by atoms with van der Waals surface area (Å²) in [6.07, 6.45) is 0. The maximum atomic E-state index is 12.1. The summed E-state index contributed by atoms with van der Waals surface area (Å²) in [6.45, 7) is 0.698. The number of hydrogen-bond donors (Lipinski definition) is 1. The summed E-state index contributed by atoms with van der Waals surface area (Å²) in [5.74, 6) is 0.0368. The van der Waals surface area contributed by atoms with Crippen LogP contribution in [0.3, 0.4) is 0 Å². The maximum Gasteiger partial charge on any atom is 0.263 e. The largest absolute Gasteiger partial charge is 0.396 e. The molecule has 1 aliphatic rings. The summed E-state index contributed by atoms with van der Waals surface area (Å²) in [6, 6.07) is 0. The molecule has 7 nitrogen and oxygen atoms in total. The van der Waals surface area contributed by atoms with E-state index in [1.54, 1.807) is 0 Å². The normalized spacial score (nSPS) is 18.7. The molecule has 0 aromatic carbocycles. The lowest BCUT2D eigenvalue weighted by molar-refractivity contribution is 0.116. The maximum absolute atomic E-state index is 12.1. The quantitative estimate of drug-likeness (QED) is 0.789. The van der Waals surface area contributed by atoms with Crippen LogP contribution in [0.4, 0.5) is 0 Å². The third kappa shape index (κ3) is 1.77. The van der Waals surface area contributed by atoms with E-state index in [0.29, 0.717) is 13.1 Å². The van der Waals surface area contributed by atoms with E-state index < -0.39 is 10.0 Å². The van der Waals surface area contributed by atoms with Crippen LogP contribution in [0.2, 0.25) is 0 Å². The van der Waals surface area contributed by atoms with Gasteiger partial charge in [-0.05, 0) is 15.9 Å². The number of sulfonamides is 1. The van der Waals surface area contributed by atoms with Crippen molar-refractivity contribution < 1.29 is 13.5 Å². The van der Waals surface area contributed by atoms with E-state index in [1.165, 1.54) is 16.0 Å². The summed E-state index contributed by atoms with van der Waals surface area (Å²) in [5, 5.41) is 16.2. The van der Waals surface area contributed by atoms with Crippen LogP contribution in [0, 0.1) is 5.92 Å². The molecule has 2 rings (SSSR count). The minimum atomic E-state index is -3.55. The first-order valence-electron chi connectivity index (χ1n) is 4.63. The van der Waals surface area contributed by atoms with E-state index >= 15 is 0 Å². The molecule has 0 unspecified atom stereocenters. The van der Waals surface area contributed by atoms with Crippen LogP contribution in [0.1, 0.15) is 0 Å². The van der Waals surface area contributed by atoms with Crippen molar-refractivity contribution in [2.75, 3.05) is 19.7 Å². The lowest BCUT2D eigenvalue weighted by Crippen LogP contribution is -2.51. The van der Waals surface area contributed by atoms with E-state index in [9.17, 15) is 8.42 Å². The van der Waals surface area contributed by atoms with Crippen LogP contribution in [0.15, 0.2) is 9.63 Å². The molecule has 1 aliphatic heterocycles. The van der Waals surface area contributed by atoms with Crippen molar-refractivity contribution in [3.63, 3.8) is 0 Å². The predicted octanol–water partition coefficient (Wildman–Crippen LogP) is -0.810. The molecule has 0 saturated carbocycles.